The monoisotopic (exact) mass is 280 g/mol. The van der Waals surface area contributed by atoms with E-state index < -0.39 is 0 Å². The average molecular weight is 280 g/mol. The van der Waals surface area contributed by atoms with E-state index in [0.29, 0.717) is 18.3 Å². The van der Waals surface area contributed by atoms with Crippen molar-refractivity contribution >= 4 is 15.8 Å². The van der Waals surface area contributed by atoms with E-state index in [4.69, 9.17) is 4.52 Å². The maximum Gasteiger partial charge on any atom is 0.120 e. The van der Waals surface area contributed by atoms with Crippen LogP contribution in [0, 0.1) is 23.7 Å². The van der Waals surface area contributed by atoms with Crippen molar-refractivity contribution in [3.8, 4) is 11.8 Å². The molecule has 1 fully saturated rings. The van der Waals surface area contributed by atoms with E-state index in [2.05, 4.69) is 28.2 Å². The molecule has 106 valence electrons. The third-order valence-corrected chi connectivity index (χ3v) is 3.95. The number of unbranched alkanes of at least 4 members (excludes halogenated alkanes) is 2. The molecule has 0 amide bonds. The summed E-state index contributed by atoms with van der Waals surface area (Å²) in [5.74, 6) is 7.50. The number of carbonyl (C=O) groups excluding carboxylic acids is 1. The standard InChI is InChI=1S/C16H25O2P/c1-2-3-5-9-16(18-19)10-7-4-6-8-14-13-15(14)11-12-17/h7,10,12,14-16H,2-3,5,8-9,11,13,19H2,1H3/b10-7+/t14-,15-,16?/m0/s1. The second-order valence-corrected chi connectivity index (χ2v) is 5.49. The van der Waals surface area contributed by atoms with Gasteiger partial charge in [0, 0.05) is 22.3 Å². The highest BCUT2D eigenvalue weighted by atomic mass is 31.0. The Morgan fingerprint density at radius 3 is 2.95 bits per heavy atom. The summed E-state index contributed by atoms with van der Waals surface area (Å²) < 4.78 is 5.31. The van der Waals surface area contributed by atoms with Crippen LogP contribution in [0.3, 0.4) is 0 Å². The number of hydrogen-bond acceptors (Lipinski definition) is 2. The molecule has 0 spiro atoms. The van der Waals surface area contributed by atoms with Gasteiger partial charge < -0.3 is 9.32 Å². The molecule has 3 heteroatoms. The lowest BCUT2D eigenvalue weighted by molar-refractivity contribution is -0.108. The lowest BCUT2D eigenvalue weighted by Crippen LogP contribution is -2.02. The topological polar surface area (TPSA) is 26.3 Å². The summed E-state index contributed by atoms with van der Waals surface area (Å²) >= 11 is 0. The molecule has 0 aromatic carbocycles. The van der Waals surface area contributed by atoms with Crippen LogP contribution in [-0.4, -0.2) is 12.4 Å². The van der Waals surface area contributed by atoms with Gasteiger partial charge in [-0.1, -0.05) is 38.0 Å². The van der Waals surface area contributed by atoms with Gasteiger partial charge in [-0.3, -0.25) is 0 Å². The molecule has 0 radical (unpaired) electrons. The Bertz CT molecular complexity index is 340. The summed E-state index contributed by atoms with van der Waals surface area (Å²) in [5.41, 5.74) is 0. The fourth-order valence-corrected chi connectivity index (χ4v) is 2.41. The van der Waals surface area contributed by atoms with E-state index >= 15 is 0 Å². The minimum Gasteiger partial charge on any atom is -0.358 e. The third-order valence-electron chi connectivity index (χ3n) is 3.60. The van der Waals surface area contributed by atoms with Gasteiger partial charge in [0.15, 0.2) is 0 Å². The molecule has 0 heterocycles. The largest absolute Gasteiger partial charge is 0.358 e. The highest BCUT2D eigenvalue weighted by molar-refractivity contribution is 7.09. The number of hydrogen-bond donors (Lipinski definition) is 0. The molecule has 1 rings (SSSR count). The second-order valence-electron chi connectivity index (χ2n) is 5.21. The molecular weight excluding hydrogens is 255 g/mol. The Balaban J connectivity index is 2.15. The van der Waals surface area contributed by atoms with Crippen LogP contribution in [0.2, 0.25) is 0 Å². The van der Waals surface area contributed by atoms with Crippen LogP contribution in [-0.2, 0) is 9.32 Å². The molecule has 0 aromatic rings. The molecule has 0 aromatic heterocycles. The minimum atomic E-state index is 0.162. The molecule has 19 heavy (non-hydrogen) atoms. The molecule has 2 unspecified atom stereocenters. The van der Waals surface area contributed by atoms with Crippen LogP contribution in [0.15, 0.2) is 12.2 Å². The van der Waals surface area contributed by atoms with Crippen molar-refractivity contribution in [3.05, 3.63) is 12.2 Å². The molecule has 0 saturated heterocycles. The first-order valence-electron chi connectivity index (χ1n) is 7.26. The number of carbonyl (C=O) groups is 1. The summed E-state index contributed by atoms with van der Waals surface area (Å²) in [6, 6.07) is 0. The van der Waals surface area contributed by atoms with Crippen LogP contribution >= 0.6 is 9.47 Å². The predicted molar refractivity (Wildman–Crippen MR) is 82.5 cm³/mol. The van der Waals surface area contributed by atoms with E-state index in [1.54, 1.807) is 0 Å². The van der Waals surface area contributed by atoms with Crippen molar-refractivity contribution < 1.29 is 9.32 Å². The molecule has 0 N–H and O–H groups in total. The van der Waals surface area contributed by atoms with Crippen LogP contribution in [0.1, 0.15) is 51.9 Å². The van der Waals surface area contributed by atoms with Gasteiger partial charge in [-0.25, -0.2) is 0 Å². The SMILES string of the molecule is CCCCCC(/C=C/C#CC[C@H]1C[C@@H]1CC=O)OP. The lowest BCUT2D eigenvalue weighted by Gasteiger charge is -2.08. The van der Waals surface area contributed by atoms with E-state index in [1.807, 2.05) is 12.2 Å². The summed E-state index contributed by atoms with van der Waals surface area (Å²) in [7, 11) is 2.33. The lowest BCUT2D eigenvalue weighted by atomic mass is 10.1. The van der Waals surface area contributed by atoms with Crippen molar-refractivity contribution in [1.29, 1.82) is 0 Å². The van der Waals surface area contributed by atoms with Gasteiger partial charge in [0.05, 0.1) is 6.10 Å². The number of allylic oxidation sites excluding steroid dienone is 1. The quantitative estimate of drug-likeness (QED) is 0.277. The molecule has 1 aliphatic carbocycles. The van der Waals surface area contributed by atoms with Crippen LogP contribution in [0.5, 0.6) is 0 Å². The van der Waals surface area contributed by atoms with Crippen LogP contribution < -0.4 is 0 Å². The first-order chi connectivity index (χ1) is 9.31. The van der Waals surface area contributed by atoms with Gasteiger partial charge in [-0.15, -0.1) is 0 Å². The third kappa shape index (κ3) is 7.51. The van der Waals surface area contributed by atoms with E-state index in [0.717, 1.165) is 19.1 Å². The predicted octanol–water partition coefficient (Wildman–Crippen LogP) is 3.92. The molecular formula is C16H25O2P. The smallest absolute Gasteiger partial charge is 0.120 e. The Labute approximate surface area is 119 Å². The summed E-state index contributed by atoms with van der Waals surface area (Å²) in [5, 5.41) is 0. The van der Waals surface area contributed by atoms with Crippen molar-refractivity contribution in [2.75, 3.05) is 0 Å². The second kappa shape index (κ2) is 10.2. The zero-order valence-corrected chi connectivity index (χ0v) is 13.0. The minimum absolute atomic E-state index is 0.162. The summed E-state index contributed by atoms with van der Waals surface area (Å²) in [4.78, 5) is 10.3. The number of rotatable bonds is 9. The highest BCUT2D eigenvalue weighted by Crippen LogP contribution is 2.42. The molecule has 2 nitrogen and oxygen atoms in total. The normalized spacial score (nSPS) is 22.8. The van der Waals surface area contributed by atoms with Crippen molar-refractivity contribution in [2.45, 2.75) is 58.0 Å². The maximum atomic E-state index is 10.3. The maximum absolute atomic E-state index is 10.3. The van der Waals surface area contributed by atoms with Gasteiger partial charge in [0.25, 0.3) is 0 Å². The average Bonchev–Trinajstić information content (AvgIpc) is 3.15. The summed E-state index contributed by atoms with van der Waals surface area (Å²) in [6.07, 6.45) is 12.7. The van der Waals surface area contributed by atoms with Crippen molar-refractivity contribution in [1.82, 2.24) is 0 Å². The molecule has 1 aliphatic rings. The van der Waals surface area contributed by atoms with E-state index in [-0.39, 0.29) is 6.10 Å². The first kappa shape index (κ1) is 16.4. The Hall–Kier alpha value is -0.640. The zero-order chi connectivity index (χ0) is 13.9. The molecule has 1 saturated carbocycles. The summed E-state index contributed by atoms with van der Waals surface area (Å²) in [6.45, 7) is 2.20. The van der Waals surface area contributed by atoms with Crippen molar-refractivity contribution in [2.24, 2.45) is 11.8 Å². The highest BCUT2D eigenvalue weighted by Gasteiger charge is 2.35. The van der Waals surface area contributed by atoms with Crippen LogP contribution in [0.25, 0.3) is 0 Å². The van der Waals surface area contributed by atoms with E-state index in [1.165, 1.54) is 25.7 Å². The van der Waals surface area contributed by atoms with Gasteiger partial charge in [0.1, 0.15) is 6.29 Å². The zero-order valence-electron chi connectivity index (χ0n) is 11.8. The van der Waals surface area contributed by atoms with Gasteiger partial charge in [-0.05, 0) is 36.8 Å². The molecule has 0 bridgehead atoms. The Morgan fingerprint density at radius 1 is 1.42 bits per heavy atom. The Kier molecular flexibility index (Phi) is 8.80. The fraction of sp³-hybridized carbons (Fsp3) is 0.688. The van der Waals surface area contributed by atoms with Gasteiger partial charge in [0.2, 0.25) is 0 Å². The van der Waals surface area contributed by atoms with Gasteiger partial charge >= 0.3 is 0 Å². The van der Waals surface area contributed by atoms with Crippen molar-refractivity contribution in [3.63, 3.8) is 0 Å². The molecule has 0 aliphatic heterocycles. The van der Waals surface area contributed by atoms with Gasteiger partial charge in [-0.2, -0.15) is 0 Å². The first-order valence-corrected chi connectivity index (χ1v) is 7.73. The number of aldehydes is 1. The molecule has 4 atom stereocenters. The van der Waals surface area contributed by atoms with Crippen LogP contribution in [0.4, 0.5) is 0 Å². The van der Waals surface area contributed by atoms with E-state index in [9.17, 15) is 4.79 Å². The Morgan fingerprint density at radius 2 is 2.26 bits per heavy atom. The fourth-order valence-electron chi connectivity index (χ4n) is 2.18.